The molecule has 0 spiro atoms. The van der Waals surface area contributed by atoms with Crippen molar-refractivity contribution in [2.75, 3.05) is 13.1 Å². The lowest BCUT2D eigenvalue weighted by Gasteiger charge is -2.33. The van der Waals surface area contributed by atoms with E-state index >= 15 is 0 Å². The Kier molecular flexibility index (Phi) is 10.5. The van der Waals surface area contributed by atoms with Crippen molar-refractivity contribution in [2.24, 2.45) is 11.8 Å². The molecule has 2 amide bonds. The van der Waals surface area contributed by atoms with Crippen LogP contribution in [-0.2, 0) is 25.7 Å². The zero-order valence-corrected chi connectivity index (χ0v) is 19.8. The van der Waals surface area contributed by atoms with E-state index in [9.17, 15) is 14.4 Å². The summed E-state index contributed by atoms with van der Waals surface area (Å²) in [5.74, 6) is -0.591. The molecule has 1 aliphatic heterocycles. The predicted molar refractivity (Wildman–Crippen MR) is 123 cm³/mol. The smallest absolute Gasteiger partial charge is 0.408 e. The Morgan fingerprint density at radius 3 is 2.28 bits per heavy atom. The number of amides is 2. The van der Waals surface area contributed by atoms with Gasteiger partial charge in [0.1, 0.15) is 12.6 Å². The molecule has 0 bridgehead atoms. The molecule has 0 unspecified atom stereocenters. The molecule has 1 aromatic rings. The molecule has 2 rings (SSSR count). The van der Waals surface area contributed by atoms with Crippen molar-refractivity contribution in [1.82, 2.24) is 10.2 Å². The second kappa shape index (κ2) is 13.1. The average Bonchev–Trinajstić information content (AvgIpc) is 2.80. The highest BCUT2D eigenvalue weighted by molar-refractivity contribution is 5.87. The molecule has 1 saturated heterocycles. The molecular formula is C25H38N2O5. The molecule has 178 valence electrons. The fourth-order valence-corrected chi connectivity index (χ4v) is 3.73. The van der Waals surface area contributed by atoms with Gasteiger partial charge >= 0.3 is 12.1 Å². The molecule has 1 aliphatic rings. The van der Waals surface area contributed by atoms with Crippen molar-refractivity contribution in [3.8, 4) is 0 Å². The van der Waals surface area contributed by atoms with Gasteiger partial charge in [0, 0.05) is 13.1 Å². The van der Waals surface area contributed by atoms with Gasteiger partial charge in [0.25, 0.3) is 0 Å². The van der Waals surface area contributed by atoms with Crippen LogP contribution in [-0.4, -0.2) is 48.1 Å². The van der Waals surface area contributed by atoms with E-state index in [1.165, 1.54) is 0 Å². The summed E-state index contributed by atoms with van der Waals surface area (Å²) in [7, 11) is 0. The number of nitrogens with one attached hydrogen (secondary N) is 1. The Balaban J connectivity index is 2.00. The molecule has 1 aromatic carbocycles. The van der Waals surface area contributed by atoms with Gasteiger partial charge in [0.05, 0.1) is 0 Å². The second-order valence-electron chi connectivity index (χ2n) is 9.01. The number of rotatable bonds is 10. The fraction of sp³-hybridized carbons (Fsp3) is 0.640. The van der Waals surface area contributed by atoms with E-state index in [2.05, 4.69) is 5.32 Å². The number of ether oxygens (including phenoxy) is 2. The lowest BCUT2D eigenvalue weighted by Crippen LogP contribution is -2.53. The maximum Gasteiger partial charge on any atom is 0.408 e. The highest BCUT2D eigenvalue weighted by Crippen LogP contribution is 2.17. The molecule has 1 heterocycles. The number of carbonyl (C=O) groups is 3. The number of esters is 1. The topological polar surface area (TPSA) is 84.9 Å². The van der Waals surface area contributed by atoms with Crippen molar-refractivity contribution >= 4 is 18.0 Å². The molecular weight excluding hydrogens is 408 g/mol. The Hall–Kier alpha value is -2.57. The highest BCUT2D eigenvalue weighted by Gasteiger charge is 2.33. The number of benzene rings is 1. The second-order valence-corrected chi connectivity index (χ2v) is 9.01. The number of piperidine rings is 1. The van der Waals surface area contributed by atoms with Gasteiger partial charge in [-0.15, -0.1) is 0 Å². The summed E-state index contributed by atoms with van der Waals surface area (Å²) in [6.07, 6.45) is 2.37. The Morgan fingerprint density at radius 1 is 1.03 bits per heavy atom. The fourth-order valence-electron chi connectivity index (χ4n) is 3.73. The van der Waals surface area contributed by atoms with Crippen LogP contribution >= 0.6 is 0 Å². The van der Waals surface area contributed by atoms with Crippen LogP contribution in [0.5, 0.6) is 0 Å². The van der Waals surface area contributed by atoms with E-state index < -0.39 is 24.2 Å². The zero-order chi connectivity index (χ0) is 23.5. The normalized spacial score (nSPS) is 16.7. The molecule has 7 nitrogen and oxygen atoms in total. The first-order chi connectivity index (χ1) is 15.3. The van der Waals surface area contributed by atoms with Crippen LogP contribution in [0.4, 0.5) is 4.79 Å². The third kappa shape index (κ3) is 8.17. The van der Waals surface area contributed by atoms with E-state index in [4.69, 9.17) is 9.47 Å². The maximum atomic E-state index is 13.1. The van der Waals surface area contributed by atoms with Gasteiger partial charge in [-0.25, -0.2) is 9.59 Å². The zero-order valence-electron chi connectivity index (χ0n) is 19.8. The summed E-state index contributed by atoms with van der Waals surface area (Å²) in [5.41, 5.74) is 0.859. The van der Waals surface area contributed by atoms with Gasteiger partial charge in [-0.2, -0.15) is 0 Å². The maximum absolute atomic E-state index is 13.1. The number of nitrogens with zero attached hydrogens (tertiary/aromatic N) is 1. The predicted octanol–water partition coefficient (Wildman–Crippen LogP) is 4.30. The van der Waals surface area contributed by atoms with Crippen LogP contribution in [0.1, 0.15) is 65.4 Å². The number of hydrogen-bond acceptors (Lipinski definition) is 5. The highest BCUT2D eigenvalue weighted by atomic mass is 16.6. The van der Waals surface area contributed by atoms with Gasteiger partial charge in [-0.3, -0.25) is 4.79 Å². The van der Waals surface area contributed by atoms with Crippen LogP contribution in [0.25, 0.3) is 0 Å². The Bertz CT molecular complexity index is 731. The quantitative estimate of drug-likeness (QED) is 0.542. The number of likely N-dealkylation sites (tertiary alicyclic amines) is 1. The van der Waals surface area contributed by atoms with Crippen molar-refractivity contribution in [2.45, 2.75) is 78.6 Å². The third-order valence-corrected chi connectivity index (χ3v) is 5.84. The van der Waals surface area contributed by atoms with Gasteiger partial charge < -0.3 is 19.7 Å². The van der Waals surface area contributed by atoms with Crippen LogP contribution in [0.3, 0.4) is 0 Å². The van der Waals surface area contributed by atoms with Crippen molar-refractivity contribution in [3.63, 3.8) is 0 Å². The molecule has 1 N–H and O–H groups in total. The van der Waals surface area contributed by atoms with Gasteiger partial charge in [-0.1, -0.05) is 64.4 Å². The summed E-state index contributed by atoms with van der Waals surface area (Å²) in [5, 5.41) is 2.74. The minimum Gasteiger partial charge on any atom is -0.458 e. The SMILES string of the molecule is CC[C@H](C)[C@H](NC(=O)O[C@@H](CC(C)C)C(=O)OCc1ccccc1)C(=O)N1CCCCC1. The molecule has 1 fully saturated rings. The lowest BCUT2D eigenvalue weighted by atomic mass is 9.97. The standard InChI is InChI=1S/C25H38N2O5/c1-5-19(4)22(23(28)27-14-10-7-11-15-27)26-25(30)32-21(16-18(2)3)24(29)31-17-20-12-8-6-9-13-20/h6,8-9,12-13,18-19,21-22H,5,7,10-11,14-17H2,1-4H3,(H,26,30)/t19-,21-,22-/m0/s1. The minimum atomic E-state index is -1.03. The number of hydrogen-bond donors (Lipinski definition) is 1. The van der Waals surface area contributed by atoms with E-state index in [1.807, 2.05) is 62.9 Å². The summed E-state index contributed by atoms with van der Waals surface area (Å²) in [6.45, 7) is 9.35. The summed E-state index contributed by atoms with van der Waals surface area (Å²) >= 11 is 0. The number of carbonyl (C=O) groups excluding carboxylic acids is 3. The first-order valence-corrected chi connectivity index (χ1v) is 11.8. The van der Waals surface area contributed by atoms with Crippen LogP contribution in [0.15, 0.2) is 30.3 Å². The molecule has 0 aliphatic carbocycles. The number of alkyl carbamates (subject to hydrolysis) is 1. The minimum absolute atomic E-state index is 0.0504. The van der Waals surface area contributed by atoms with E-state index in [0.717, 1.165) is 31.2 Å². The first-order valence-electron chi connectivity index (χ1n) is 11.8. The van der Waals surface area contributed by atoms with Gasteiger partial charge in [0.2, 0.25) is 12.0 Å². The summed E-state index contributed by atoms with van der Waals surface area (Å²) < 4.78 is 10.9. The van der Waals surface area contributed by atoms with E-state index in [0.29, 0.717) is 19.5 Å². The van der Waals surface area contributed by atoms with Crippen molar-refractivity contribution < 1.29 is 23.9 Å². The molecule has 0 aromatic heterocycles. The Morgan fingerprint density at radius 2 is 1.69 bits per heavy atom. The van der Waals surface area contributed by atoms with Crippen molar-refractivity contribution in [3.05, 3.63) is 35.9 Å². The van der Waals surface area contributed by atoms with Crippen LogP contribution in [0.2, 0.25) is 0 Å². The molecule has 0 radical (unpaired) electrons. The van der Waals surface area contributed by atoms with Crippen molar-refractivity contribution in [1.29, 1.82) is 0 Å². The van der Waals surface area contributed by atoms with E-state index in [1.54, 1.807) is 0 Å². The summed E-state index contributed by atoms with van der Waals surface area (Å²) in [4.78, 5) is 40.2. The largest absolute Gasteiger partial charge is 0.458 e. The molecule has 32 heavy (non-hydrogen) atoms. The third-order valence-electron chi connectivity index (χ3n) is 5.84. The molecule has 0 saturated carbocycles. The van der Waals surface area contributed by atoms with Crippen LogP contribution < -0.4 is 5.32 Å². The first kappa shape index (κ1) is 25.7. The lowest BCUT2D eigenvalue weighted by molar-refractivity contribution is -0.156. The average molecular weight is 447 g/mol. The monoisotopic (exact) mass is 446 g/mol. The van der Waals surface area contributed by atoms with Crippen LogP contribution in [0, 0.1) is 11.8 Å². The van der Waals surface area contributed by atoms with Gasteiger partial charge in [-0.05, 0) is 43.1 Å². The van der Waals surface area contributed by atoms with Gasteiger partial charge in [0.15, 0.2) is 0 Å². The molecule has 3 atom stereocenters. The molecule has 7 heteroatoms. The van der Waals surface area contributed by atoms with E-state index in [-0.39, 0.29) is 24.3 Å². The Labute approximate surface area is 191 Å². The summed E-state index contributed by atoms with van der Waals surface area (Å²) in [6, 6.07) is 8.67.